The molecule has 2 bridgehead atoms. The van der Waals surface area contributed by atoms with Gasteiger partial charge in [-0.2, -0.15) is 0 Å². The van der Waals surface area contributed by atoms with E-state index in [1.165, 1.54) is 0 Å². The lowest BCUT2D eigenvalue weighted by Crippen LogP contribution is -2.72. The Hall–Kier alpha value is -3.98. The summed E-state index contributed by atoms with van der Waals surface area (Å²) in [4.78, 5) is 15.8. The molecule has 3 aromatic carbocycles. The maximum Gasteiger partial charge on any atom is 0.236 e. The smallest absolute Gasteiger partial charge is 0.236 e. The normalized spacial score (nSPS) is 22.0. The highest BCUT2D eigenvalue weighted by Gasteiger charge is 2.59. The summed E-state index contributed by atoms with van der Waals surface area (Å²) in [6.45, 7) is 1.88. The van der Waals surface area contributed by atoms with Gasteiger partial charge in [-0.25, -0.2) is 0 Å². The molecule has 2 aliphatic rings. The summed E-state index contributed by atoms with van der Waals surface area (Å²) < 4.78 is 23.0. The Morgan fingerprint density at radius 2 is 1.69 bits per heavy atom. The van der Waals surface area contributed by atoms with Crippen LogP contribution in [0.5, 0.6) is 23.0 Å². The monoisotopic (exact) mass is 505 g/mol. The van der Waals surface area contributed by atoms with Gasteiger partial charge >= 0.3 is 0 Å². The number of carbonyl (C=O) groups is 1. The van der Waals surface area contributed by atoms with E-state index in [2.05, 4.69) is 10.6 Å². The second-order valence-corrected chi connectivity index (χ2v) is 9.08. The molecular weight excluding hydrogens is 478 g/mol. The third kappa shape index (κ3) is 3.85. The molecule has 186 valence electrons. The van der Waals surface area contributed by atoms with Crippen molar-refractivity contribution >= 4 is 34.6 Å². The molecule has 36 heavy (non-hydrogen) atoms. The summed E-state index contributed by atoms with van der Waals surface area (Å²) in [5.74, 6) is 1.70. The highest BCUT2D eigenvalue weighted by Crippen LogP contribution is 2.51. The number of methoxy groups -OCH3 is 3. The molecular formula is C27H27N3O5S. The van der Waals surface area contributed by atoms with Crippen LogP contribution in [0.4, 0.5) is 11.4 Å². The van der Waals surface area contributed by atoms with Gasteiger partial charge in [0.2, 0.25) is 5.91 Å². The number of rotatable bonds is 6. The van der Waals surface area contributed by atoms with Gasteiger partial charge in [0.25, 0.3) is 0 Å². The van der Waals surface area contributed by atoms with E-state index in [0.29, 0.717) is 39.5 Å². The lowest BCUT2D eigenvalue weighted by atomic mass is 9.78. The van der Waals surface area contributed by atoms with Crippen LogP contribution in [-0.4, -0.2) is 38.1 Å². The zero-order valence-corrected chi connectivity index (χ0v) is 21.2. The molecule has 3 aromatic rings. The molecule has 2 N–H and O–H groups in total. The average Bonchev–Trinajstić information content (AvgIpc) is 2.88. The van der Waals surface area contributed by atoms with Crippen molar-refractivity contribution in [1.82, 2.24) is 5.32 Å². The molecule has 3 atom stereocenters. The number of benzene rings is 3. The van der Waals surface area contributed by atoms with Crippen LogP contribution in [-0.2, 0) is 4.79 Å². The molecule has 0 aliphatic carbocycles. The number of nitrogens with one attached hydrogen (secondary N) is 2. The molecule has 0 radical (unpaired) electrons. The van der Waals surface area contributed by atoms with Crippen LogP contribution >= 0.6 is 12.2 Å². The molecule has 1 amide bonds. The number of nitrogens with zero attached hydrogens (tertiary/aromatic N) is 1. The number of ether oxygens (including phenoxy) is 4. The maximum absolute atomic E-state index is 13.9. The van der Waals surface area contributed by atoms with Gasteiger partial charge in [-0.05, 0) is 73.7 Å². The lowest BCUT2D eigenvalue weighted by molar-refractivity contribution is -0.130. The number of thiocarbonyl (C=S) groups is 1. The van der Waals surface area contributed by atoms with Crippen molar-refractivity contribution < 1.29 is 23.7 Å². The second-order valence-electron chi connectivity index (χ2n) is 8.69. The van der Waals surface area contributed by atoms with E-state index in [0.717, 1.165) is 5.56 Å². The third-order valence-corrected chi connectivity index (χ3v) is 6.97. The summed E-state index contributed by atoms with van der Waals surface area (Å²) in [7, 11) is 4.80. The predicted octanol–water partition coefficient (Wildman–Crippen LogP) is 4.51. The van der Waals surface area contributed by atoms with Gasteiger partial charge in [0.05, 0.1) is 33.1 Å². The first-order valence-electron chi connectivity index (χ1n) is 11.4. The van der Waals surface area contributed by atoms with Crippen LogP contribution in [0.25, 0.3) is 0 Å². The molecule has 0 spiro atoms. The maximum atomic E-state index is 13.9. The van der Waals surface area contributed by atoms with Gasteiger partial charge in [0, 0.05) is 11.3 Å². The van der Waals surface area contributed by atoms with Crippen LogP contribution in [0.2, 0.25) is 0 Å². The van der Waals surface area contributed by atoms with E-state index in [1.807, 2.05) is 54.3 Å². The number of hydrogen-bond donors (Lipinski definition) is 2. The molecule has 9 heteroatoms. The van der Waals surface area contributed by atoms with Crippen LogP contribution in [0.3, 0.4) is 0 Å². The quantitative estimate of drug-likeness (QED) is 0.474. The van der Waals surface area contributed by atoms with Crippen LogP contribution < -0.4 is 34.5 Å². The summed E-state index contributed by atoms with van der Waals surface area (Å²) >= 11 is 5.83. The second kappa shape index (κ2) is 9.23. The number of carbonyl (C=O) groups excluding carboxylic acids is 1. The Morgan fingerprint density at radius 1 is 1.00 bits per heavy atom. The van der Waals surface area contributed by atoms with Crippen molar-refractivity contribution in [3.63, 3.8) is 0 Å². The minimum Gasteiger partial charge on any atom is -0.497 e. The molecule has 0 aromatic heterocycles. The zero-order chi connectivity index (χ0) is 25.4. The predicted molar refractivity (Wildman–Crippen MR) is 141 cm³/mol. The van der Waals surface area contributed by atoms with Crippen molar-refractivity contribution in [3.8, 4) is 23.0 Å². The number of amides is 1. The topological polar surface area (TPSA) is 81.3 Å². The molecule has 5 rings (SSSR count). The molecule has 2 aliphatic heterocycles. The lowest BCUT2D eigenvalue weighted by Gasteiger charge is -2.56. The third-order valence-electron chi connectivity index (χ3n) is 6.67. The summed E-state index contributed by atoms with van der Waals surface area (Å²) in [5, 5.41) is 6.87. The van der Waals surface area contributed by atoms with Gasteiger partial charge in [-0.3, -0.25) is 9.69 Å². The van der Waals surface area contributed by atoms with Crippen molar-refractivity contribution in [2.45, 2.75) is 18.7 Å². The molecule has 2 heterocycles. The number of anilines is 2. The fraction of sp³-hybridized carbons (Fsp3) is 0.259. The summed E-state index contributed by atoms with van der Waals surface area (Å²) in [5.41, 5.74) is 0.964. The standard InChI is InChI=1S/C27H27N3O5S/c1-27-23(25(31)28-16-9-11-17(32-2)12-10-16)24(19-15-18(33-3)13-14-21(19)35-27)29-26(36)30(27)20-7-5-6-8-22(20)34-4/h5-15,23-24H,1-4H3,(H,28,31)(H,29,36)/t23-,24-,27-/m0/s1. The Labute approximate surface area is 215 Å². The Morgan fingerprint density at radius 3 is 2.39 bits per heavy atom. The van der Waals surface area contributed by atoms with E-state index in [1.54, 1.807) is 45.6 Å². The highest BCUT2D eigenvalue weighted by atomic mass is 32.1. The van der Waals surface area contributed by atoms with E-state index < -0.39 is 17.7 Å². The highest BCUT2D eigenvalue weighted by molar-refractivity contribution is 7.80. The van der Waals surface area contributed by atoms with Crippen molar-refractivity contribution in [2.75, 3.05) is 31.5 Å². The van der Waals surface area contributed by atoms with Crippen LogP contribution in [0, 0.1) is 5.92 Å². The fourth-order valence-corrected chi connectivity index (χ4v) is 5.37. The van der Waals surface area contributed by atoms with E-state index in [9.17, 15) is 4.79 Å². The van der Waals surface area contributed by atoms with Gasteiger partial charge < -0.3 is 29.6 Å². The Balaban J connectivity index is 1.62. The first-order chi connectivity index (χ1) is 17.4. The number of fused-ring (bicyclic) bond motifs is 4. The first-order valence-corrected chi connectivity index (χ1v) is 11.9. The number of hydrogen-bond acceptors (Lipinski definition) is 6. The van der Waals surface area contributed by atoms with Crippen LogP contribution in [0.1, 0.15) is 18.5 Å². The fourth-order valence-electron chi connectivity index (χ4n) is 4.96. The van der Waals surface area contributed by atoms with E-state index in [-0.39, 0.29) is 5.91 Å². The van der Waals surface area contributed by atoms with Crippen molar-refractivity contribution in [1.29, 1.82) is 0 Å². The number of para-hydroxylation sites is 2. The molecule has 1 fully saturated rings. The van der Waals surface area contributed by atoms with Gasteiger partial charge in [-0.1, -0.05) is 12.1 Å². The SMILES string of the molecule is COc1ccc(NC(=O)[C@@H]2[C@H]3NC(=S)N(c4ccccc4OC)[C@@]2(C)Oc2ccc(OC)cc23)cc1. The largest absolute Gasteiger partial charge is 0.497 e. The van der Waals surface area contributed by atoms with E-state index in [4.69, 9.17) is 31.2 Å². The van der Waals surface area contributed by atoms with E-state index >= 15 is 0 Å². The molecule has 1 saturated heterocycles. The summed E-state index contributed by atoms with van der Waals surface area (Å²) in [6, 6.07) is 19.8. The van der Waals surface area contributed by atoms with Crippen LogP contribution in [0.15, 0.2) is 66.7 Å². The van der Waals surface area contributed by atoms with Gasteiger partial charge in [0.15, 0.2) is 10.8 Å². The average molecular weight is 506 g/mol. The Bertz CT molecular complexity index is 1320. The molecule has 0 unspecified atom stereocenters. The first kappa shape index (κ1) is 23.7. The summed E-state index contributed by atoms with van der Waals surface area (Å²) in [6.07, 6.45) is 0. The minimum absolute atomic E-state index is 0.226. The van der Waals surface area contributed by atoms with Gasteiger partial charge in [0.1, 0.15) is 28.9 Å². The Kier molecular flexibility index (Phi) is 6.09. The van der Waals surface area contributed by atoms with Crippen molar-refractivity contribution in [3.05, 3.63) is 72.3 Å². The van der Waals surface area contributed by atoms with Crippen molar-refractivity contribution in [2.24, 2.45) is 5.92 Å². The van der Waals surface area contributed by atoms with Gasteiger partial charge in [-0.15, -0.1) is 0 Å². The molecule has 0 saturated carbocycles. The minimum atomic E-state index is -1.17. The molecule has 8 nitrogen and oxygen atoms in total. The zero-order valence-electron chi connectivity index (χ0n) is 20.4.